The van der Waals surface area contributed by atoms with E-state index in [1.54, 1.807) is 10.9 Å². The molecule has 1 aliphatic rings. The van der Waals surface area contributed by atoms with Crippen LogP contribution in [-0.4, -0.2) is 33.4 Å². The van der Waals surface area contributed by atoms with Crippen molar-refractivity contribution in [3.05, 3.63) is 48.3 Å². The third kappa shape index (κ3) is 3.54. The summed E-state index contributed by atoms with van der Waals surface area (Å²) in [6.45, 7) is 0.575. The minimum absolute atomic E-state index is 0.00550. The Morgan fingerprint density at radius 1 is 1.32 bits per heavy atom. The Morgan fingerprint density at radius 2 is 2.14 bits per heavy atom. The van der Waals surface area contributed by atoms with Crippen molar-refractivity contribution in [2.24, 2.45) is 5.92 Å². The van der Waals surface area contributed by atoms with Crippen LogP contribution in [0.5, 0.6) is 0 Å². The van der Waals surface area contributed by atoms with E-state index < -0.39 is 0 Å². The van der Waals surface area contributed by atoms with Crippen molar-refractivity contribution in [3.63, 3.8) is 0 Å². The Bertz CT molecular complexity index is 607. The highest BCUT2D eigenvalue weighted by molar-refractivity contribution is 5.78. The normalized spacial score (nSPS) is 21.0. The summed E-state index contributed by atoms with van der Waals surface area (Å²) in [5, 5.41) is 16.9. The molecular formula is C17H21N3O2. The number of aromatic nitrogens is 2. The lowest BCUT2D eigenvalue weighted by Crippen LogP contribution is -2.33. The van der Waals surface area contributed by atoms with Crippen LogP contribution in [-0.2, 0) is 11.2 Å². The maximum atomic E-state index is 12.0. The van der Waals surface area contributed by atoms with Gasteiger partial charge in [0, 0.05) is 24.9 Å². The number of hydrogen-bond donors (Lipinski definition) is 2. The summed E-state index contributed by atoms with van der Waals surface area (Å²) < 4.78 is 1.78. The van der Waals surface area contributed by atoms with Crippen molar-refractivity contribution < 1.29 is 9.90 Å². The average Bonchev–Trinajstić information content (AvgIpc) is 3.18. The van der Waals surface area contributed by atoms with E-state index in [0.717, 1.165) is 30.5 Å². The molecule has 0 bridgehead atoms. The molecule has 1 aliphatic carbocycles. The summed E-state index contributed by atoms with van der Waals surface area (Å²) in [7, 11) is 0. The van der Waals surface area contributed by atoms with Crippen LogP contribution < -0.4 is 5.32 Å². The van der Waals surface area contributed by atoms with Gasteiger partial charge in [-0.05, 0) is 36.6 Å². The fourth-order valence-corrected chi connectivity index (χ4v) is 2.94. The largest absolute Gasteiger partial charge is 0.393 e. The van der Waals surface area contributed by atoms with Crippen LogP contribution in [0.15, 0.2) is 42.7 Å². The molecule has 1 aromatic heterocycles. The van der Waals surface area contributed by atoms with Crippen LogP contribution in [0.25, 0.3) is 5.69 Å². The SMILES string of the molecule is O=C(Cc1ccc(-n2cccn2)cc1)NCC1CCCC1O. The van der Waals surface area contributed by atoms with E-state index in [-0.39, 0.29) is 17.9 Å². The molecule has 3 rings (SSSR count). The molecule has 2 unspecified atom stereocenters. The van der Waals surface area contributed by atoms with Crippen molar-refractivity contribution >= 4 is 5.91 Å². The van der Waals surface area contributed by atoms with Gasteiger partial charge >= 0.3 is 0 Å². The van der Waals surface area contributed by atoms with Crippen LogP contribution in [0, 0.1) is 5.92 Å². The van der Waals surface area contributed by atoms with Gasteiger partial charge in [-0.2, -0.15) is 5.10 Å². The number of nitrogens with zero attached hydrogens (tertiary/aromatic N) is 2. The van der Waals surface area contributed by atoms with Gasteiger partial charge in [0.15, 0.2) is 0 Å². The Labute approximate surface area is 130 Å². The van der Waals surface area contributed by atoms with Gasteiger partial charge in [-0.25, -0.2) is 4.68 Å². The van der Waals surface area contributed by atoms with E-state index in [1.165, 1.54) is 0 Å². The molecule has 2 aromatic rings. The molecule has 0 spiro atoms. The molecule has 116 valence electrons. The van der Waals surface area contributed by atoms with Gasteiger partial charge in [0.2, 0.25) is 5.91 Å². The minimum atomic E-state index is -0.256. The molecule has 2 N–H and O–H groups in total. The lowest BCUT2D eigenvalue weighted by Gasteiger charge is -2.15. The summed E-state index contributed by atoms with van der Waals surface area (Å²) in [6, 6.07) is 9.67. The molecule has 1 aromatic carbocycles. The first-order chi connectivity index (χ1) is 10.7. The van der Waals surface area contributed by atoms with Gasteiger partial charge in [0.1, 0.15) is 0 Å². The molecule has 0 radical (unpaired) electrons. The van der Waals surface area contributed by atoms with E-state index in [9.17, 15) is 9.90 Å². The predicted octanol–water partition coefficient (Wildman–Crippen LogP) is 1.69. The smallest absolute Gasteiger partial charge is 0.224 e. The van der Waals surface area contributed by atoms with Gasteiger partial charge in [-0.1, -0.05) is 18.6 Å². The second kappa shape index (κ2) is 6.75. The maximum Gasteiger partial charge on any atom is 0.224 e. The van der Waals surface area contributed by atoms with Crippen molar-refractivity contribution in [3.8, 4) is 5.69 Å². The van der Waals surface area contributed by atoms with Gasteiger partial charge in [0.25, 0.3) is 0 Å². The lowest BCUT2D eigenvalue weighted by molar-refractivity contribution is -0.120. The van der Waals surface area contributed by atoms with Crippen molar-refractivity contribution in [2.45, 2.75) is 31.8 Å². The third-order valence-corrected chi connectivity index (χ3v) is 4.25. The van der Waals surface area contributed by atoms with Crippen LogP contribution in [0.2, 0.25) is 0 Å². The summed E-state index contributed by atoms with van der Waals surface area (Å²) in [4.78, 5) is 12.0. The zero-order valence-corrected chi connectivity index (χ0v) is 12.5. The second-order valence-electron chi connectivity index (χ2n) is 5.86. The molecular weight excluding hydrogens is 278 g/mol. The molecule has 5 heteroatoms. The van der Waals surface area contributed by atoms with Crippen molar-refractivity contribution in [1.82, 2.24) is 15.1 Å². The molecule has 2 atom stereocenters. The molecule has 1 saturated carbocycles. The third-order valence-electron chi connectivity index (χ3n) is 4.25. The number of amides is 1. The van der Waals surface area contributed by atoms with Gasteiger partial charge in [-0.3, -0.25) is 4.79 Å². The lowest BCUT2D eigenvalue weighted by atomic mass is 10.1. The first kappa shape index (κ1) is 14.8. The summed E-state index contributed by atoms with van der Waals surface area (Å²) >= 11 is 0. The van der Waals surface area contributed by atoms with Crippen LogP contribution in [0.3, 0.4) is 0 Å². The quantitative estimate of drug-likeness (QED) is 0.883. The van der Waals surface area contributed by atoms with Gasteiger partial charge in [0.05, 0.1) is 18.2 Å². The molecule has 1 fully saturated rings. The zero-order chi connectivity index (χ0) is 15.4. The number of aliphatic hydroxyl groups is 1. The molecule has 0 aliphatic heterocycles. The van der Waals surface area contributed by atoms with E-state index in [0.29, 0.717) is 13.0 Å². The van der Waals surface area contributed by atoms with E-state index in [1.807, 2.05) is 36.5 Å². The average molecular weight is 299 g/mol. The highest BCUT2D eigenvalue weighted by atomic mass is 16.3. The maximum absolute atomic E-state index is 12.0. The Morgan fingerprint density at radius 3 is 2.77 bits per heavy atom. The highest BCUT2D eigenvalue weighted by Crippen LogP contribution is 2.24. The molecule has 5 nitrogen and oxygen atoms in total. The zero-order valence-electron chi connectivity index (χ0n) is 12.5. The first-order valence-corrected chi connectivity index (χ1v) is 7.76. The number of nitrogens with one attached hydrogen (secondary N) is 1. The van der Waals surface area contributed by atoms with E-state index in [4.69, 9.17) is 0 Å². The van der Waals surface area contributed by atoms with E-state index >= 15 is 0 Å². The highest BCUT2D eigenvalue weighted by Gasteiger charge is 2.25. The summed E-state index contributed by atoms with van der Waals surface area (Å²) in [5.74, 6) is 0.220. The van der Waals surface area contributed by atoms with Crippen LogP contribution >= 0.6 is 0 Å². The second-order valence-corrected chi connectivity index (χ2v) is 5.86. The van der Waals surface area contributed by atoms with E-state index in [2.05, 4.69) is 10.4 Å². The Balaban J connectivity index is 1.51. The predicted molar refractivity (Wildman–Crippen MR) is 83.6 cm³/mol. The summed E-state index contributed by atoms with van der Waals surface area (Å²) in [6.07, 6.45) is 6.63. The number of hydrogen-bond acceptors (Lipinski definition) is 3. The van der Waals surface area contributed by atoms with Gasteiger partial charge in [-0.15, -0.1) is 0 Å². The number of aliphatic hydroxyl groups excluding tert-OH is 1. The monoisotopic (exact) mass is 299 g/mol. The van der Waals surface area contributed by atoms with Crippen LogP contribution in [0.1, 0.15) is 24.8 Å². The number of benzene rings is 1. The Kier molecular flexibility index (Phi) is 4.53. The summed E-state index contributed by atoms with van der Waals surface area (Å²) in [5.41, 5.74) is 1.95. The molecule has 22 heavy (non-hydrogen) atoms. The fraction of sp³-hybridized carbons (Fsp3) is 0.412. The first-order valence-electron chi connectivity index (χ1n) is 7.76. The molecule has 1 amide bonds. The molecule has 0 saturated heterocycles. The number of rotatable bonds is 5. The number of carbonyl (C=O) groups is 1. The van der Waals surface area contributed by atoms with Crippen LogP contribution in [0.4, 0.5) is 0 Å². The Hall–Kier alpha value is -2.14. The number of carbonyl (C=O) groups excluding carboxylic acids is 1. The van der Waals surface area contributed by atoms with Crippen molar-refractivity contribution in [2.75, 3.05) is 6.54 Å². The topological polar surface area (TPSA) is 67.2 Å². The fourth-order valence-electron chi connectivity index (χ4n) is 2.94. The standard InChI is InChI=1S/C17H21N3O2/c21-16-4-1-3-14(16)12-18-17(22)11-13-5-7-15(8-6-13)20-10-2-9-19-20/h2,5-10,14,16,21H,1,3-4,11-12H2,(H,18,22). The minimum Gasteiger partial charge on any atom is -0.393 e. The molecule has 1 heterocycles. The van der Waals surface area contributed by atoms with Crippen molar-refractivity contribution in [1.29, 1.82) is 0 Å². The van der Waals surface area contributed by atoms with Gasteiger partial charge < -0.3 is 10.4 Å².